The van der Waals surface area contributed by atoms with E-state index in [1.165, 1.54) is 5.56 Å². The number of benzene rings is 2. The first-order valence-corrected chi connectivity index (χ1v) is 7.36. The highest BCUT2D eigenvalue weighted by atomic mass is 32.1. The molecule has 0 atom stereocenters. The van der Waals surface area contributed by atoms with Crippen molar-refractivity contribution in [1.29, 1.82) is 0 Å². The van der Waals surface area contributed by atoms with Gasteiger partial charge in [-0.25, -0.2) is 4.39 Å². The number of halogens is 1. The highest BCUT2D eigenvalue weighted by Gasteiger charge is 2.13. The highest BCUT2D eigenvalue weighted by Crippen LogP contribution is 2.16. The van der Waals surface area contributed by atoms with Crippen molar-refractivity contribution in [3.63, 3.8) is 0 Å². The van der Waals surface area contributed by atoms with E-state index in [4.69, 9.17) is 18.0 Å². The molecular weight excluding hydrogens is 283 g/mol. The van der Waals surface area contributed by atoms with Gasteiger partial charge in [-0.3, -0.25) is 4.90 Å². The second-order valence-corrected chi connectivity index (χ2v) is 5.37. The zero-order valence-corrected chi connectivity index (χ0v) is 12.9. The van der Waals surface area contributed by atoms with Gasteiger partial charge in [0.15, 0.2) is 0 Å². The van der Waals surface area contributed by atoms with E-state index < -0.39 is 0 Å². The lowest BCUT2D eigenvalue weighted by Gasteiger charge is -2.21. The summed E-state index contributed by atoms with van der Waals surface area (Å²) in [5.74, 6) is -0.309. The molecule has 0 saturated heterocycles. The van der Waals surface area contributed by atoms with E-state index in [2.05, 4.69) is 24.0 Å². The first-order valence-electron chi connectivity index (χ1n) is 6.95. The van der Waals surface area contributed by atoms with Crippen LogP contribution in [0.4, 0.5) is 4.39 Å². The van der Waals surface area contributed by atoms with Gasteiger partial charge >= 0.3 is 0 Å². The molecule has 0 aliphatic rings. The van der Waals surface area contributed by atoms with E-state index in [0.717, 1.165) is 13.1 Å². The summed E-state index contributed by atoms with van der Waals surface area (Å²) in [6.45, 7) is 4.23. The Morgan fingerprint density at radius 3 is 2.43 bits per heavy atom. The smallest absolute Gasteiger partial charge is 0.137 e. The Bertz CT molecular complexity index is 613. The summed E-state index contributed by atoms with van der Waals surface area (Å²) in [6.07, 6.45) is 0. The molecule has 0 aromatic heterocycles. The number of hydrogen-bond acceptors (Lipinski definition) is 2. The van der Waals surface area contributed by atoms with E-state index in [0.29, 0.717) is 17.7 Å². The molecule has 0 radical (unpaired) electrons. The van der Waals surface area contributed by atoms with Gasteiger partial charge in [0.1, 0.15) is 10.8 Å². The molecule has 0 aliphatic heterocycles. The van der Waals surface area contributed by atoms with Crippen LogP contribution in [0.2, 0.25) is 0 Å². The molecule has 2 N–H and O–H groups in total. The molecule has 0 aliphatic carbocycles. The van der Waals surface area contributed by atoms with Crippen LogP contribution in [-0.2, 0) is 13.1 Å². The van der Waals surface area contributed by atoms with Gasteiger partial charge in [0.25, 0.3) is 0 Å². The Morgan fingerprint density at radius 2 is 1.81 bits per heavy atom. The first kappa shape index (κ1) is 15.6. The minimum atomic E-state index is -0.309. The van der Waals surface area contributed by atoms with Gasteiger partial charge in [0, 0.05) is 24.2 Å². The lowest BCUT2D eigenvalue weighted by Crippen LogP contribution is -2.23. The van der Waals surface area contributed by atoms with E-state index in [1.54, 1.807) is 18.2 Å². The maximum atomic E-state index is 14.4. The zero-order valence-electron chi connectivity index (χ0n) is 12.1. The molecule has 0 bridgehead atoms. The van der Waals surface area contributed by atoms with Gasteiger partial charge in [0.2, 0.25) is 0 Å². The van der Waals surface area contributed by atoms with E-state index >= 15 is 0 Å². The molecule has 2 nitrogen and oxygen atoms in total. The number of thiocarbonyl (C=S) groups is 1. The molecule has 0 unspecified atom stereocenters. The van der Waals surface area contributed by atoms with Crippen molar-refractivity contribution in [1.82, 2.24) is 4.90 Å². The third kappa shape index (κ3) is 4.09. The Kier molecular flexibility index (Phi) is 5.42. The first-order chi connectivity index (χ1) is 10.1. The molecule has 2 aromatic carbocycles. The standard InChI is InChI=1S/C17H19FN2S/c1-2-20(11-13-7-4-3-5-8-13)12-14-9-6-10-15(16(14)18)17(19)21/h3-10H,2,11-12H2,1H3,(H2,19,21). The number of hydrogen-bond donors (Lipinski definition) is 1. The van der Waals surface area contributed by atoms with Gasteiger partial charge in [0.05, 0.1) is 0 Å². The summed E-state index contributed by atoms with van der Waals surface area (Å²) in [7, 11) is 0. The SMILES string of the molecule is CCN(Cc1ccccc1)Cc1cccc(C(N)=S)c1F. The van der Waals surface area contributed by atoms with Crippen molar-refractivity contribution in [2.45, 2.75) is 20.0 Å². The largest absolute Gasteiger partial charge is 0.389 e. The number of nitrogens with two attached hydrogens (primary N) is 1. The molecule has 0 fully saturated rings. The van der Waals surface area contributed by atoms with Crippen molar-refractivity contribution in [3.05, 3.63) is 71.0 Å². The average Bonchev–Trinajstić information content (AvgIpc) is 2.49. The van der Waals surface area contributed by atoms with Crippen LogP contribution >= 0.6 is 12.2 Å². The summed E-state index contributed by atoms with van der Waals surface area (Å²) in [6, 6.07) is 15.4. The third-order valence-corrected chi connectivity index (χ3v) is 3.65. The molecule has 0 amide bonds. The fraction of sp³-hybridized carbons (Fsp3) is 0.235. The zero-order chi connectivity index (χ0) is 15.2. The molecule has 4 heteroatoms. The van der Waals surface area contributed by atoms with Gasteiger partial charge in [-0.1, -0.05) is 61.6 Å². The number of nitrogens with zero attached hydrogens (tertiary/aromatic N) is 1. The minimum absolute atomic E-state index is 0.0976. The Morgan fingerprint density at radius 1 is 1.10 bits per heavy atom. The van der Waals surface area contributed by atoms with Crippen molar-refractivity contribution in [2.75, 3.05) is 6.54 Å². The van der Waals surface area contributed by atoms with Gasteiger partial charge in [-0.05, 0) is 18.2 Å². The van der Waals surface area contributed by atoms with E-state index in [9.17, 15) is 4.39 Å². The summed E-state index contributed by atoms with van der Waals surface area (Å²) >= 11 is 4.88. The molecule has 21 heavy (non-hydrogen) atoms. The van der Waals surface area contributed by atoms with Crippen LogP contribution in [0.3, 0.4) is 0 Å². The van der Waals surface area contributed by atoms with Crippen molar-refractivity contribution in [2.24, 2.45) is 5.73 Å². The maximum Gasteiger partial charge on any atom is 0.137 e. The van der Waals surface area contributed by atoms with E-state index in [1.807, 2.05) is 18.2 Å². The number of rotatable bonds is 6. The normalized spacial score (nSPS) is 10.8. The van der Waals surface area contributed by atoms with Crippen LogP contribution in [-0.4, -0.2) is 16.4 Å². The second kappa shape index (κ2) is 7.29. The second-order valence-electron chi connectivity index (χ2n) is 4.93. The monoisotopic (exact) mass is 302 g/mol. The average molecular weight is 302 g/mol. The van der Waals surface area contributed by atoms with Crippen molar-refractivity contribution < 1.29 is 4.39 Å². The fourth-order valence-corrected chi connectivity index (χ4v) is 2.41. The van der Waals surface area contributed by atoms with Gasteiger partial charge in [-0.15, -0.1) is 0 Å². The van der Waals surface area contributed by atoms with E-state index in [-0.39, 0.29) is 10.8 Å². The predicted octanol–water partition coefficient (Wildman–Crippen LogP) is 3.48. The lowest BCUT2D eigenvalue weighted by atomic mass is 10.1. The molecular formula is C17H19FN2S. The fourth-order valence-electron chi connectivity index (χ4n) is 2.25. The van der Waals surface area contributed by atoms with Crippen LogP contribution in [0.1, 0.15) is 23.6 Å². The topological polar surface area (TPSA) is 29.3 Å². The Balaban J connectivity index is 2.15. The van der Waals surface area contributed by atoms with Crippen LogP contribution < -0.4 is 5.73 Å². The Labute approximate surface area is 130 Å². The highest BCUT2D eigenvalue weighted by molar-refractivity contribution is 7.80. The van der Waals surface area contributed by atoms with Crippen LogP contribution in [0.5, 0.6) is 0 Å². The van der Waals surface area contributed by atoms with Crippen LogP contribution in [0.15, 0.2) is 48.5 Å². The van der Waals surface area contributed by atoms with Crippen LogP contribution in [0.25, 0.3) is 0 Å². The summed E-state index contributed by atoms with van der Waals surface area (Å²) in [5, 5.41) is 0. The minimum Gasteiger partial charge on any atom is -0.389 e. The molecule has 0 heterocycles. The molecule has 2 rings (SSSR count). The molecule has 110 valence electrons. The maximum absolute atomic E-state index is 14.4. The van der Waals surface area contributed by atoms with Gasteiger partial charge in [-0.2, -0.15) is 0 Å². The van der Waals surface area contributed by atoms with Crippen molar-refractivity contribution in [3.8, 4) is 0 Å². The Hall–Kier alpha value is -1.78. The predicted molar refractivity (Wildman–Crippen MR) is 88.5 cm³/mol. The molecule has 0 saturated carbocycles. The summed E-state index contributed by atoms with van der Waals surface area (Å²) in [4.78, 5) is 2.28. The van der Waals surface area contributed by atoms with Gasteiger partial charge < -0.3 is 5.73 Å². The summed E-state index contributed by atoms with van der Waals surface area (Å²) < 4.78 is 14.4. The third-order valence-electron chi connectivity index (χ3n) is 3.43. The molecule has 2 aromatic rings. The molecule has 0 spiro atoms. The quantitative estimate of drug-likeness (QED) is 0.828. The summed E-state index contributed by atoms with van der Waals surface area (Å²) in [5.41, 5.74) is 7.70. The van der Waals surface area contributed by atoms with Crippen molar-refractivity contribution >= 4 is 17.2 Å². The van der Waals surface area contributed by atoms with Crippen LogP contribution in [0, 0.1) is 5.82 Å². The lowest BCUT2D eigenvalue weighted by molar-refractivity contribution is 0.267.